The highest BCUT2D eigenvalue weighted by molar-refractivity contribution is 4.70. The van der Waals surface area contributed by atoms with E-state index in [-0.39, 0.29) is 0 Å². The van der Waals surface area contributed by atoms with Crippen molar-refractivity contribution in [3.63, 3.8) is 0 Å². The van der Waals surface area contributed by atoms with E-state index in [0.717, 1.165) is 17.8 Å². The van der Waals surface area contributed by atoms with E-state index < -0.39 is 0 Å². The van der Waals surface area contributed by atoms with Crippen molar-refractivity contribution in [2.24, 2.45) is 17.8 Å². The van der Waals surface area contributed by atoms with Crippen molar-refractivity contribution in [3.8, 4) is 0 Å². The van der Waals surface area contributed by atoms with Gasteiger partial charge in [-0.3, -0.25) is 0 Å². The van der Waals surface area contributed by atoms with E-state index in [2.05, 4.69) is 39.9 Å². The average molecular weight is 241 g/mol. The molecular formula is C16H35N. The Morgan fingerprint density at radius 3 is 1.94 bits per heavy atom. The molecule has 0 spiro atoms. The Morgan fingerprint density at radius 2 is 1.47 bits per heavy atom. The smallest absolute Gasteiger partial charge is 0.00180 e. The van der Waals surface area contributed by atoms with E-state index in [1.807, 2.05) is 0 Å². The van der Waals surface area contributed by atoms with E-state index in [0.29, 0.717) is 0 Å². The molecule has 0 amide bonds. The Labute approximate surface area is 110 Å². The van der Waals surface area contributed by atoms with Crippen LogP contribution in [0.4, 0.5) is 0 Å². The molecule has 1 N–H and O–H groups in total. The van der Waals surface area contributed by atoms with Crippen molar-refractivity contribution in [1.82, 2.24) is 5.32 Å². The van der Waals surface area contributed by atoms with Gasteiger partial charge in [0.2, 0.25) is 0 Å². The Morgan fingerprint density at radius 1 is 0.824 bits per heavy atom. The average Bonchev–Trinajstić information content (AvgIpc) is 2.36. The second-order valence-electron chi connectivity index (χ2n) is 5.63. The summed E-state index contributed by atoms with van der Waals surface area (Å²) in [6, 6.07) is 0. The molecule has 1 heteroatoms. The molecule has 0 aromatic heterocycles. The van der Waals surface area contributed by atoms with Crippen LogP contribution in [0.3, 0.4) is 0 Å². The first-order valence-electron chi connectivity index (χ1n) is 7.90. The van der Waals surface area contributed by atoms with Crippen molar-refractivity contribution >= 4 is 0 Å². The molecule has 0 saturated carbocycles. The minimum atomic E-state index is 0.875. The third kappa shape index (κ3) is 7.81. The highest BCUT2D eigenvalue weighted by Gasteiger charge is 2.16. The van der Waals surface area contributed by atoms with E-state index >= 15 is 0 Å². The number of rotatable bonds is 11. The second kappa shape index (κ2) is 11.1. The van der Waals surface area contributed by atoms with E-state index in [1.54, 1.807) is 0 Å². The van der Waals surface area contributed by atoms with Gasteiger partial charge < -0.3 is 5.32 Å². The molecule has 0 heterocycles. The molecule has 0 rings (SSSR count). The molecule has 104 valence electrons. The molecule has 0 aliphatic rings. The molecule has 0 radical (unpaired) electrons. The van der Waals surface area contributed by atoms with Crippen LogP contribution in [0.15, 0.2) is 0 Å². The molecular weight excluding hydrogens is 206 g/mol. The van der Waals surface area contributed by atoms with Gasteiger partial charge in [-0.1, -0.05) is 66.7 Å². The first-order valence-corrected chi connectivity index (χ1v) is 7.90. The molecule has 0 aromatic rings. The summed E-state index contributed by atoms with van der Waals surface area (Å²) in [5, 5.41) is 3.67. The van der Waals surface area contributed by atoms with Gasteiger partial charge in [0.1, 0.15) is 0 Å². The molecule has 1 nitrogen and oxygen atoms in total. The second-order valence-corrected chi connectivity index (χ2v) is 5.63. The molecule has 0 bridgehead atoms. The van der Waals surface area contributed by atoms with Gasteiger partial charge in [-0.15, -0.1) is 0 Å². The van der Waals surface area contributed by atoms with Crippen LogP contribution in [0, 0.1) is 17.8 Å². The molecule has 17 heavy (non-hydrogen) atoms. The maximum atomic E-state index is 3.67. The van der Waals surface area contributed by atoms with Crippen LogP contribution < -0.4 is 5.32 Å². The summed E-state index contributed by atoms with van der Waals surface area (Å²) in [6.07, 6.45) is 8.06. The van der Waals surface area contributed by atoms with Crippen LogP contribution in [0.25, 0.3) is 0 Å². The predicted octanol–water partition coefficient (Wildman–Crippen LogP) is 4.86. The van der Waals surface area contributed by atoms with Gasteiger partial charge in [0.05, 0.1) is 0 Å². The van der Waals surface area contributed by atoms with Crippen LogP contribution >= 0.6 is 0 Å². The van der Waals surface area contributed by atoms with Crippen LogP contribution in [0.5, 0.6) is 0 Å². The maximum absolute atomic E-state index is 3.67. The van der Waals surface area contributed by atoms with Gasteiger partial charge >= 0.3 is 0 Å². The van der Waals surface area contributed by atoms with E-state index in [9.17, 15) is 0 Å². The summed E-state index contributed by atoms with van der Waals surface area (Å²) in [7, 11) is 0. The fourth-order valence-electron chi connectivity index (χ4n) is 2.63. The van der Waals surface area contributed by atoms with Gasteiger partial charge in [-0.25, -0.2) is 0 Å². The van der Waals surface area contributed by atoms with Gasteiger partial charge in [0.25, 0.3) is 0 Å². The van der Waals surface area contributed by atoms with E-state index in [1.165, 1.54) is 51.6 Å². The Balaban J connectivity index is 3.79. The van der Waals surface area contributed by atoms with Crippen molar-refractivity contribution in [1.29, 1.82) is 0 Å². The topological polar surface area (TPSA) is 12.0 Å². The molecule has 0 aliphatic heterocycles. The van der Waals surface area contributed by atoms with Crippen LogP contribution in [-0.2, 0) is 0 Å². The fraction of sp³-hybridized carbons (Fsp3) is 1.00. The predicted molar refractivity (Wildman–Crippen MR) is 79.4 cm³/mol. The molecule has 0 aromatic carbocycles. The largest absolute Gasteiger partial charge is 0.316 e. The summed E-state index contributed by atoms with van der Waals surface area (Å²) in [4.78, 5) is 0. The van der Waals surface area contributed by atoms with Crippen LogP contribution in [-0.4, -0.2) is 13.1 Å². The zero-order chi connectivity index (χ0) is 13.1. The standard InChI is InChI=1S/C16H35N/c1-6-10-15(8-3)16(9-4)13-17-12-11-14(5)7-2/h14-17H,6-13H2,1-5H3. The lowest BCUT2D eigenvalue weighted by Gasteiger charge is -2.25. The SMILES string of the molecule is CCCC(CC)C(CC)CNCCC(C)CC. The zero-order valence-corrected chi connectivity index (χ0v) is 12.9. The lowest BCUT2D eigenvalue weighted by atomic mass is 9.84. The minimum absolute atomic E-state index is 0.875. The maximum Gasteiger partial charge on any atom is -0.00180 e. The number of hydrogen-bond acceptors (Lipinski definition) is 1. The first kappa shape index (κ1) is 17.0. The Kier molecular flexibility index (Phi) is 11.0. The molecule has 0 aliphatic carbocycles. The quantitative estimate of drug-likeness (QED) is 0.509. The third-order valence-corrected chi connectivity index (χ3v) is 4.29. The van der Waals surface area contributed by atoms with Gasteiger partial charge in [0, 0.05) is 0 Å². The summed E-state index contributed by atoms with van der Waals surface area (Å²) in [5.41, 5.74) is 0. The van der Waals surface area contributed by atoms with Gasteiger partial charge in [-0.2, -0.15) is 0 Å². The zero-order valence-electron chi connectivity index (χ0n) is 12.9. The Bertz CT molecular complexity index is 156. The lowest BCUT2D eigenvalue weighted by Crippen LogP contribution is -2.29. The Hall–Kier alpha value is -0.0400. The van der Waals surface area contributed by atoms with Gasteiger partial charge in [-0.05, 0) is 37.3 Å². The minimum Gasteiger partial charge on any atom is -0.316 e. The third-order valence-electron chi connectivity index (χ3n) is 4.29. The van der Waals surface area contributed by atoms with Crippen LogP contribution in [0.1, 0.15) is 73.1 Å². The first-order chi connectivity index (χ1) is 8.19. The molecule has 0 saturated heterocycles. The lowest BCUT2D eigenvalue weighted by molar-refractivity contribution is 0.279. The van der Waals surface area contributed by atoms with Crippen molar-refractivity contribution in [3.05, 3.63) is 0 Å². The molecule has 0 fully saturated rings. The van der Waals surface area contributed by atoms with Gasteiger partial charge in [0.15, 0.2) is 0 Å². The highest BCUT2D eigenvalue weighted by atomic mass is 14.9. The number of hydrogen-bond donors (Lipinski definition) is 1. The highest BCUT2D eigenvalue weighted by Crippen LogP contribution is 2.23. The van der Waals surface area contributed by atoms with Crippen molar-refractivity contribution in [2.75, 3.05) is 13.1 Å². The fourth-order valence-corrected chi connectivity index (χ4v) is 2.63. The van der Waals surface area contributed by atoms with Crippen LogP contribution in [0.2, 0.25) is 0 Å². The summed E-state index contributed by atoms with van der Waals surface area (Å²) in [5.74, 6) is 2.69. The normalized spacial score (nSPS) is 16.8. The summed E-state index contributed by atoms with van der Waals surface area (Å²) in [6.45, 7) is 14.1. The molecule has 3 unspecified atom stereocenters. The van der Waals surface area contributed by atoms with Crippen molar-refractivity contribution < 1.29 is 0 Å². The molecule has 3 atom stereocenters. The summed E-state index contributed by atoms with van der Waals surface area (Å²) >= 11 is 0. The van der Waals surface area contributed by atoms with Crippen molar-refractivity contribution in [2.45, 2.75) is 73.1 Å². The monoisotopic (exact) mass is 241 g/mol. The van der Waals surface area contributed by atoms with E-state index in [4.69, 9.17) is 0 Å². The summed E-state index contributed by atoms with van der Waals surface area (Å²) < 4.78 is 0. The number of nitrogens with one attached hydrogen (secondary N) is 1.